The van der Waals surface area contributed by atoms with Crippen molar-refractivity contribution in [3.63, 3.8) is 0 Å². The van der Waals surface area contributed by atoms with Crippen molar-refractivity contribution in [3.8, 4) is 5.75 Å². The van der Waals surface area contributed by atoms with Gasteiger partial charge >= 0.3 is 5.97 Å². The molecule has 0 aliphatic carbocycles. The highest BCUT2D eigenvalue weighted by atomic mass is 32.1. The summed E-state index contributed by atoms with van der Waals surface area (Å²) in [6.45, 7) is 0.150. The SMILES string of the molecule is O=C(O)COc1ccccc1C1CC(=O)Nc2c1cnn2Cc1cccs1. The Morgan fingerprint density at radius 1 is 1.30 bits per heavy atom. The van der Waals surface area contributed by atoms with Gasteiger partial charge in [0.15, 0.2) is 6.61 Å². The third kappa shape index (κ3) is 3.56. The number of thiophene rings is 1. The van der Waals surface area contributed by atoms with Gasteiger partial charge in [0.25, 0.3) is 0 Å². The van der Waals surface area contributed by atoms with Crippen LogP contribution in [0, 0.1) is 0 Å². The first-order valence-electron chi connectivity index (χ1n) is 8.43. The first-order chi connectivity index (χ1) is 13.1. The van der Waals surface area contributed by atoms with Gasteiger partial charge in [-0.05, 0) is 17.5 Å². The summed E-state index contributed by atoms with van der Waals surface area (Å²) in [6.07, 6.45) is 2.02. The number of fused-ring (bicyclic) bond motifs is 1. The van der Waals surface area contributed by atoms with Crippen LogP contribution in [0.4, 0.5) is 5.82 Å². The molecule has 0 bridgehead atoms. The molecule has 0 saturated carbocycles. The van der Waals surface area contributed by atoms with Crippen LogP contribution in [0.25, 0.3) is 0 Å². The lowest BCUT2D eigenvalue weighted by Crippen LogP contribution is -2.25. The van der Waals surface area contributed by atoms with Crippen LogP contribution in [0.3, 0.4) is 0 Å². The Morgan fingerprint density at radius 3 is 2.93 bits per heavy atom. The highest BCUT2D eigenvalue weighted by Gasteiger charge is 2.31. The van der Waals surface area contributed by atoms with E-state index >= 15 is 0 Å². The maximum atomic E-state index is 12.4. The lowest BCUT2D eigenvalue weighted by atomic mass is 9.87. The number of para-hydroxylation sites is 1. The predicted molar refractivity (Wildman–Crippen MR) is 100 cm³/mol. The number of carbonyl (C=O) groups excluding carboxylic acids is 1. The Balaban J connectivity index is 1.69. The fourth-order valence-corrected chi connectivity index (χ4v) is 3.94. The van der Waals surface area contributed by atoms with E-state index < -0.39 is 12.6 Å². The molecule has 1 atom stereocenters. The quantitative estimate of drug-likeness (QED) is 0.683. The number of hydrogen-bond acceptors (Lipinski definition) is 5. The van der Waals surface area contributed by atoms with E-state index in [0.717, 1.165) is 16.0 Å². The number of rotatable bonds is 6. The van der Waals surface area contributed by atoms with Gasteiger partial charge in [-0.1, -0.05) is 24.3 Å². The van der Waals surface area contributed by atoms with Crippen molar-refractivity contribution in [2.45, 2.75) is 18.9 Å². The summed E-state index contributed by atoms with van der Waals surface area (Å²) in [4.78, 5) is 24.4. The van der Waals surface area contributed by atoms with E-state index in [1.165, 1.54) is 0 Å². The van der Waals surface area contributed by atoms with Crippen LogP contribution in [0.2, 0.25) is 0 Å². The van der Waals surface area contributed by atoms with E-state index in [-0.39, 0.29) is 18.2 Å². The van der Waals surface area contributed by atoms with Crippen molar-refractivity contribution in [1.82, 2.24) is 9.78 Å². The molecule has 0 spiro atoms. The molecule has 2 aromatic heterocycles. The van der Waals surface area contributed by atoms with Crippen LogP contribution >= 0.6 is 11.3 Å². The zero-order valence-corrected chi connectivity index (χ0v) is 15.1. The second-order valence-corrected chi connectivity index (χ2v) is 7.24. The van der Waals surface area contributed by atoms with Crippen molar-refractivity contribution >= 4 is 29.0 Å². The number of ether oxygens (including phenoxy) is 1. The van der Waals surface area contributed by atoms with E-state index in [1.807, 2.05) is 29.6 Å². The molecule has 1 unspecified atom stereocenters. The molecule has 7 nitrogen and oxygen atoms in total. The summed E-state index contributed by atoms with van der Waals surface area (Å²) >= 11 is 1.63. The standard InChI is InChI=1S/C19H17N3O4S/c23-17-8-14(13-5-1-2-6-16(13)26-11-18(24)25)15-9-20-22(19(15)21-17)10-12-4-3-7-27-12/h1-7,9,14H,8,10-11H2,(H,21,23)(H,24,25). The number of aliphatic carboxylic acids is 1. The molecule has 0 fully saturated rings. The second-order valence-electron chi connectivity index (χ2n) is 6.21. The molecule has 4 rings (SSSR count). The normalized spacial score (nSPS) is 15.9. The van der Waals surface area contributed by atoms with Gasteiger partial charge in [0.1, 0.15) is 11.6 Å². The van der Waals surface area contributed by atoms with E-state index in [2.05, 4.69) is 10.4 Å². The lowest BCUT2D eigenvalue weighted by Gasteiger charge is -2.25. The molecule has 27 heavy (non-hydrogen) atoms. The van der Waals surface area contributed by atoms with E-state index in [1.54, 1.807) is 34.3 Å². The van der Waals surface area contributed by atoms with Gasteiger partial charge in [0, 0.05) is 28.3 Å². The van der Waals surface area contributed by atoms with Crippen LogP contribution < -0.4 is 10.1 Å². The molecular weight excluding hydrogens is 366 g/mol. The molecule has 1 amide bonds. The van der Waals surface area contributed by atoms with E-state index in [0.29, 0.717) is 18.1 Å². The number of carbonyl (C=O) groups is 2. The van der Waals surface area contributed by atoms with Gasteiger partial charge in [0.05, 0.1) is 12.7 Å². The third-order valence-corrected chi connectivity index (χ3v) is 5.28. The van der Waals surface area contributed by atoms with Crippen LogP contribution in [0.15, 0.2) is 48.0 Å². The number of carboxylic acid groups (broad SMARTS) is 1. The molecule has 2 N–H and O–H groups in total. The summed E-state index contributed by atoms with van der Waals surface area (Å²) < 4.78 is 7.22. The number of amides is 1. The number of nitrogens with zero attached hydrogens (tertiary/aromatic N) is 2. The highest BCUT2D eigenvalue weighted by molar-refractivity contribution is 7.09. The number of nitrogens with one attached hydrogen (secondary N) is 1. The highest BCUT2D eigenvalue weighted by Crippen LogP contribution is 2.40. The summed E-state index contributed by atoms with van der Waals surface area (Å²) in [5.74, 6) is -0.241. The average molecular weight is 383 g/mol. The molecule has 3 aromatic rings. The maximum absolute atomic E-state index is 12.4. The molecule has 8 heteroatoms. The van der Waals surface area contributed by atoms with Crippen LogP contribution in [0.1, 0.15) is 28.3 Å². The minimum absolute atomic E-state index is 0.103. The van der Waals surface area contributed by atoms with Gasteiger partial charge in [-0.2, -0.15) is 5.10 Å². The molecule has 138 valence electrons. The van der Waals surface area contributed by atoms with Crippen LogP contribution in [-0.4, -0.2) is 33.4 Å². The fourth-order valence-electron chi connectivity index (χ4n) is 3.26. The third-order valence-electron chi connectivity index (χ3n) is 4.42. The Morgan fingerprint density at radius 2 is 2.15 bits per heavy atom. The van der Waals surface area contributed by atoms with Gasteiger partial charge in [-0.15, -0.1) is 11.3 Å². The number of anilines is 1. The Kier molecular flexibility index (Phi) is 4.64. The average Bonchev–Trinajstić information content (AvgIpc) is 3.30. The minimum atomic E-state index is -1.05. The Hall–Kier alpha value is -3.13. The molecule has 1 aliphatic heterocycles. The number of hydrogen-bond donors (Lipinski definition) is 2. The maximum Gasteiger partial charge on any atom is 0.341 e. The topological polar surface area (TPSA) is 93.4 Å². The fraction of sp³-hybridized carbons (Fsp3) is 0.211. The first kappa shape index (κ1) is 17.3. The van der Waals surface area contributed by atoms with E-state index in [9.17, 15) is 9.59 Å². The Labute approximate surface area is 159 Å². The first-order valence-corrected chi connectivity index (χ1v) is 9.31. The minimum Gasteiger partial charge on any atom is -0.482 e. The van der Waals surface area contributed by atoms with Crippen molar-refractivity contribution in [3.05, 3.63) is 64.0 Å². The van der Waals surface area contributed by atoms with Gasteiger partial charge < -0.3 is 15.2 Å². The largest absolute Gasteiger partial charge is 0.482 e. The molecule has 0 radical (unpaired) electrons. The van der Waals surface area contributed by atoms with Crippen molar-refractivity contribution in [2.75, 3.05) is 11.9 Å². The molecule has 0 saturated heterocycles. The predicted octanol–water partition coefficient (Wildman–Crippen LogP) is 2.93. The van der Waals surface area contributed by atoms with Gasteiger partial charge in [-0.3, -0.25) is 4.79 Å². The molecule has 1 aliphatic rings. The van der Waals surface area contributed by atoms with Gasteiger partial charge in [-0.25, -0.2) is 9.48 Å². The lowest BCUT2D eigenvalue weighted by molar-refractivity contribution is -0.139. The monoisotopic (exact) mass is 383 g/mol. The summed E-state index contributed by atoms with van der Waals surface area (Å²) in [5.41, 5.74) is 1.68. The second kappa shape index (κ2) is 7.24. The summed E-state index contributed by atoms with van der Waals surface area (Å²) in [5, 5.41) is 18.3. The Bertz CT molecular complexity index is 981. The number of carboxylic acids is 1. The molecule has 3 heterocycles. The van der Waals surface area contributed by atoms with Crippen molar-refractivity contribution < 1.29 is 19.4 Å². The number of aromatic nitrogens is 2. The van der Waals surface area contributed by atoms with E-state index in [4.69, 9.17) is 9.84 Å². The molecule has 1 aromatic carbocycles. The summed E-state index contributed by atoms with van der Waals surface area (Å²) in [6, 6.07) is 11.2. The zero-order chi connectivity index (χ0) is 18.8. The van der Waals surface area contributed by atoms with Gasteiger partial charge in [0.2, 0.25) is 5.91 Å². The van der Waals surface area contributed by atoms with Crippen LogP contribution in [-0.2, 0) is 16.1 Å². The number of benzene rings is 1. The zero-order valence-electron chi connectivity index (χ0n) is 14.3. The van der Waals surface area contributed by atoms with Crippen LogP contribution in [0.5, 0.6) is 5.75 Å². The summed E-state index contributed by atoms with van der Waals surface area (Å²) in [7, 11) is 0. The molecular formula is C19H17N3O4S. The van der Waals surface area contributed by atoms with Crippen molar-refractivity contribution in [1.29, 1.82) is 0 Å². The smallest absolute Gasteiger partial charge is 0.341 e. The van der Waals surface area contributed by atoms with Crippen molar-refractivity contribution in [2.24, 2.45) is 0 Å².